The Morgan fingerprint density at radius 1 is 0.805 bits per heavy atom. The summed E-state index contributed by atoms with van der Waals surface area (Å²) in [5, 5.41) is 2.80. The van der Waals surface area contributed by atoms with Crippen molar-refractivity contribution in [2.75, 3.05) is 11.9 Å². The number of para-hydroxylation sites is 1. The van der Waals surface area contributed by atoms with E-state index in [9.17, 15) is 19.2 Å². The lowest BCUT2D eigenvalue weighted by Crippen LogP contribution is -2.47. The van der Waals surface area contributed by atoms with E-state index < -0.39 is 36.4 Å². The third-order valence-electron chi connectivity index (χ3n) is 8.92. The smallest absolute Gasteiger partial charge is 0.329 e. The van der Waals surface area contributed by atoms with Crippen molar-refractivity contribution >= 4 is 29.4 Å². The zero-order valence-electron chi connectivity index (χ0n) is 23.3. The quantitative estimate of drug-likeness (QED) is 0.293. The maximum atomic E-state index is 14.1. The average molecular weight is 551 g/mol. The maximum Gasteiger partial charge on any atom is 0.329 e. The summed E-state index contributed by atoms with van der Waals surface area (Å²) in [6, 6.07) is 22.5. The summed E-state index contributed by atoms with van der Waals surface area (Å²) < 4.78 is 5.47. The number of benzene rings is 3. The first-order valence-electron chi connectivity index (χ1n) is 14.5. The second-order valence-electron chi connectivity index (χ2n) is 11.1. The molecule has 1 N–H and O–H groups in total. The van der Waals surface area contributed by atoms with Crippen LogP contribution in [0.2, 0.25) is 0 Å². The number of nitrogens with zero attached hydrogens (tertiary/aromatic N) is 1. The number of hydrogen-bond acceptors (Lipinski definition) is 5. The zero-order valence-corrected chi connectivity index (χ0v) is 23.3. The van der Waals surface area contributed by atoms with Gasteiger partial charge in [0.05, 0.1) is 11.8 Å². The first-order chi connectivity index (χ1) is 20.0. The number of amides is 3. The summed E-state index contributed by atoms with van der Waals surface area (Å²) >= 11 is 0. The highest BCUT2D eigenvalue weighted by molar-refractivity contribution is 6.10. The molecular weight excluding hydrogens is 516 g/mol. The Morgan fingerprint density at radius 2 is 1.32 bits per heavy atom. The normalized spacial score (nSPS) is 22.5. The summed E-state index contributed by atoms with van der Waals surface area (Å²) in [4.78, 5) is 55.6. The molecule has 7 heteroatoms. The van der Waals surface area contributed by atoms with Gasteiger partial charge < -0.3 is 10.1 Å². The van der Waals surface area contributed by atoms with Crippen LogP contribution in [-0.2, 0) is 30.3 Å². The van der Waals surface area contributed by atoms with Crippen LogP contribution in [-0.4, -0.2) is 41.2 Å². The lowest BCUT2D eigenvalue weighted by atomic mass is 9.55. The number of hydrogen-bond donors (Lipinski definition) is 1. The molecule has 0 radical (unpaired) electrons. The molecule has 1 saturated heterocycles. The number of anilines is 1. The second-order valence-corrected chi connectivity index (χ2v) is 11.1. The molecule has 1 fully saturated rings. The Bertz CT molecular complexity index is 1420. The van der Waals surface area contributed by atoms with Crippen LogP contribution in [0.25, 0.3) is 0 Å². The number of nitrogens with one attached hydrogen (secondary N) is 1. The number of carbonyl (C=O) groups is 4. The highest BCUT2D eigenvalue weighted by Gasteiger charge is 2.63. The van der Waals surface area contributed by atoms with Crippen LogP contribution < -0.4 is 5.32 Å². The standard InChI is InChI=1S/C34H34N2O5/c1-3-5-18-26(34(40)41-19-27(37)35-25-17-11-6-12-20(25)4-2)36-32(38)30-28-21-13-7-8-14-22(21)29(31(30)33(36)39)24-16-10-9-15-23(24)28/h6-17,26,28-31H,3-5,18-19H2,1-2H3,(H,35,37)/t26-,28?,29?,30-,31+/m1/s1. The third-order valence-corrected chi connectivity index (χ3v) is 8.92. The van der Waals surface area contributed by atoms with Gasteiger partial charge in [0, 0.05) is 17.5 Å². The number of esters is 1. The number of ether oxygens (including phenoxy) is 1. The van der Waals surface area contributed by atoms with Crippen LogP contribution in [0.4, 0.5) is 5.69 Å². The average Bonchev–Trinajstić information content (AvgIpc) is 3.26. The number of rotatable bonds is 9. The fourth-order valence-corrected chi connectivity index (χ4v) is 7.13. The molecule has 7 rings (SSSR count). The lowest BCUT2D eigenvalue weighted by molar-refractivity contribution is -0.160. The van der Waals surface area contributed by atoms with Crippen LogP contribution in [0.1, 0.15) is 72.8 Å². The first kappa shape index (κ1) is 26.9. The largest absolute Gasteiger partial charge is 0.454 e. The van der Waals surface area contributed by atoms with Crippen LogP contribution >= 0.6 is 0 Å². The molecule has 0 aromatic heterocycles. The van der Waals surface area contributed by atoms with E-state index in [1.807, 2.05) is 56.3 Å². The van der Waals surface area contributed by atoms with E-state index in [1.165, 1.54) is 4.90 Å². The summed E-state index contributed by atoms with van der Waals surface area (Å²) in [7, 11) is 0. The molecular formula is C34H34N2O5. The summed E-state index contributed by atoms with van der Waals surface area (Å²) in [6.45, 7) is 3.49. The molecule has 3 aliphatic carbocycles. The number of aryl methyl sites for hydroxylation is 1. The van der Waals surface area contributed by atoms with Gasteiger partial charge in [-0.25, -0.2) is 4.79 Å². The molecule has 3 amide bonds. The van der Waals surface area contributed by atoms with Crippen molar-refractivity contribution in [3.63, 3.8) is 0 Å². The van der Waals surface area contributed by atoms with Gasteiger partial charge in [-0.3, -0.25) is 19.3 Å². The minimum atomic E-state index is -1.07. The first-order valence-corrected chi connectivity index (χ1v) is 14.5. The van der Waals surface area contributed by atoms with Crippen LogP contribution in [0.3, 0.4) is 0 Å². The maximum absolute atomic E-state index is 14.1. The lowest BCUT2D eigenvalue weighted by Gasteiger charge is -2.45. The molecule has 3 aromatic rings. The molecule has 0 unspecified atom stereocenters. The fraction of sp³-hybridized carbons (Fsp3) is 0.353. The van der Waals surface area contributed by atoms with Crippen molar-refractivity contribution in [3.05, 3.63) is 101 Å². The van der Waals surface area contributed by atoms with Crippen molar-refractivity contribution in [1.82, 2.24) is 4.90 Å². The van der Waals surface area contributed by atoms with Gasteiger partial charge in [-0.2, -0.15) is 0 Å². The minimum Gasteiger partial charge on any atom is -0.454 e. The number of likely N-dealkylation sites (tertiary alicyclic amines) is 1. The minimum absolute atomic E-state index is 0.244. The van der Waals surface area contributed by atoms with E-state index in [0.29, 0.717) is 18.5 Å². The third kappa shape index (κ3) is 4.44. The van der Waals surface area contributed by atoms with Crippen molar-refractivity contribution < 1.29 is 23.9 Å². The predicted octanol–water partition coefficient (Wildman–Crippen LogP) is 5.18. The van der Waals surface area contributed by atoms with Gasteiger partial charge in [0.15, 0.2) is 6.61 Å². The number of unbranched alkanes of at least 4 members (excludes halogenated alkanes) is 1. The Morgan fingerprint density at radius 3 is 1.83 bits per heavy atom. The number of carbonyl (C=O) groups excluding carboxylic acids is 4. The van der Waals surface area contributed by atoms with Gasteiger partial charge in [0.2, 0.25) is 11.8 Å². The topological polar surface area (TPSA) is 92.8 Å². The van der Waals surface area contributed by atoms with Crippen LogP contribution in [0.5, 0.6) is 0 Å². The van der Waals surface area contributed by atoms with Gasteiger partial charge in [-0.05, 0) is 46.7 Å². The van der Waals surface area contributed by atoms with E-state index >= 15 is 0 Å². The van der Waals surface area contributed by atoms with E-state index in [1.54, 1.807) is 6.07 Å². The van der Waals surface area contributed by atoms with E-state index in [0.717, 1.165) is 40.7 Å². The summed E-state index contributed by atoms with van der Waals surface area (Å²) in [5.41, 5.74) is 5.96. The number of imide groups is 1. The molecule has 3 atom stereocenters. The molecule has 210 valence electrons. The van der Waals surface area contributed by atoms with Gasteiger partial charge >= 0.3 is 5.97 Å². The highest BCUT2D eigenvalue weighted by Crippen LogP contribution is 2.61. The second kappa shape index (κ2) is 11.0. The fourth-order valence-electron chi connectivity index (χ4n) is 7.13. The molecule has 0 spiro atoms. The predicted molar refractivity (Wildman–Crippen MR) is 154 cm³/mol. The molecule has 0 saturated carbocycles. The van der Waals surface area contributed by atoms with E-state index in [4.69, 9.17) is 4.74 Å². The molecule has 2 bridgehead atoms. The Labute approximate surface area is 239 Å². The zero-order chi connectivity index (χ0) is 28.7. The van der Waals surface area contributed by atoms with Crippen molar-refractivity contribution in [3.8, 4) is 0 Å². The Hall–Kier alpha value is -4.26. The Balaban J connectivity index is 1.26. The van der Waals surface area contributed by atoms with Crippen LogP contribution in [0.15, 0.2) is 72.8 Å². The molecule has 1 heterocycles. The van der Waals surface area contributed by atoms with Gasteiger partial charge in [-0.1, -0.05) is 93.4 Å². The molecule has 1 aliphatic heterocycles. The highest BCUT2D eigenvalue weighted by atomic mass is 16.5. The van der Waals surface area contributed by atoms with Crippen molar-refractivity contribution in [2.45, 2.75) is 57.4 Å². The summed E-state index contributed by atoms with van der Waals surface area (Å²) in [6.07, 6.45) is 2.45. The SMILES string of the molecule is CCCC[C@H](C(=O)OCC(=O)Nc1ccccc1CC)N1C(=O)[C@@H]2C3c4ccccc4C(c4ccccc43)[C@@H]2C1=O. The molecule has 7 nitrogen and oxygen atoms in total. The van der Waals surface area contributed by atoms with Gasteiger partial charge in [-0.15, -0.1) is 0 Å². The van der Waals surface area contributed by atoms with Gasteiger partial charge in [0.1, 0.15) is 6.04 Å². The summed E-state index contributed by atoms with van der Waals surface area (Å²) in [5.74, 6) is -3.45. The molecule has 41 heavy (non-hydrogen) atoms. The molecule has 3 aromatic carbocycles. The molecule has 4 aliphatic rings. The van der Waals surface area contributed by atoms with E-state index in [-0.39, 0.29) is 23.7 Å². The Kier molecular flexibility index (Phi) is 7.20. The monoisotopic (exact) mass is 550 g/mol. The van der Waals surface area contributed by atoms with E-state index in [2.05, 4.69) is 29.6 Å². The van der Waals surface area contributed by atoms with Gasteiger partial charge in [0.25, 0.3) is 5.91 Å². The van der Waals surface area contributed by atoms with Crippen molar-refractivity contribution in [1.29, 1.82) is 0 Å². The van der Waals surface area contributed by atoms with Crippen molar-refractivity contribution in [2.24, 2.45) is 11.8 Å². The van der Waals surface area contributed by atoms with Crippen LogP contribution in [0, 0.1) is 11.8 Å².